The average Bonchev–Trinajstić information content (AvgIpc) is 2.95. The second-order valence-corrected chi connectivity index (χ2v) is 10.6. The zero-order valence-corrected chi connectivity index (χ0v) is 23.5. The highest BCUT2D eigenvalue weighted by atomic mass is 19.4. The number of nitrogens with two attached hydrogens (primary N) is 1. The Bertz CT molecular complexity index is 1410. The third kappa shape index (κ3) is 7.87. The molecule has 2 aromatic carbocycles. The van der Waals surface area contributed by atoms with Crippen LogP contribution < -0.4 is 26.0 Å². The molecule has 2 heterocycles. The highest BCUT2D eigenvalue weighted by Gasteiger charge is 2.33. The Hall–Kier alpha value is -4.39. The van der Waals surface area contributed by atoms with E-state index in [-0.39, 0.29) is 29.9 Å². The third-order valence-corrected chi connectivity index (χ3v) is 6.87. The summed E-state index contributed by atoms with van der Waals surface area (Å²) < 4.78 is 50.9. The molecule has 1 saturated heterocycles. The first-order chi connectivity index (χ1) is 19.8. The van der Waals surface area contributed by atoms with E-state index in [0.29, 0.717) is 49.1 Å². The van der Waals surface area contributed by atoms with Crippen molar-refractivity contribution in [1.82, 2.24) is 9.97 Å². The second-order valence-electron chi connectivity index (χ2n) is 10.6. The number of urea groups is 1. The van der Waals surface area contributed by atoms with E-state index in [2.05, 4.69) is 25.5 Å². The minimum absolute atomic E-state index is 0.0192. The number of rotatable bonds is 8. The summed E-state index contributed by atoms with van der Waals surface area (Å²) in [5.41, 5.74) is 4.63. The number of aromatic nitrogens is 2. The van der Waals surface area contributed by atoms with Crippen molar-refractivity contribution in [3.63, 3.8) is 0 Å². The molecule has 1 fully saturated rings. The summed E-state index contributed by atoms with van der Waals surface area (Å²) in [6.07, 6.45) is -1.99. The number of hydrogen-bond acceptors (Lipinski definition) is 8. The molecule has 4 N–H and O–H groups in total. The fourth-order valence-corrected chi connectivity index (χ4v) is 4.18. The van der Waals surface area contributed by atoms with E-state index < -0.39 is 23.2 Å². The van der Waals surface area contributed by atoms with Crippen molar-refractivity contribution in [3.05, 3.63) is 66.0 Å². The maximum atomic E-state index is 13.2. The third-order valence-electron chi connectivity index (χ3n) is 6.87. The number of benzene rings is 2. The molecule has 3 aromatic rings. The van der Waals surface area contributed by atoms with Crippen LogP contribution in [0.3, 0.4) is 0 Å². The maximum absolute atomic E-state index is 13.2. The number of carbonyl (C=O) groups is 2. The Morgan fingerprint density at radius 2 is 1.64 bits per heavy atom. The van der Waals surface area contributed by atoms with E-state index in [9.17, 15) is 22.8 Å². The van der Waals surface area contributed by atoms with Gasteiger partial charge in [0.2, 0.25) is 5.88 Å². The summed E-state index contributed by atoms with van der Waals surface area (Å²) in [4.78, 5) is 35.2. The first kappa shape index (κ1) is 30.6. The van der Waals surface area contributed by atoms with E-state index in [4.69, 9.17) is 15.2 Å². The van der Waals surface area contributed by atoms with E-state index in [1.54, 1.807) is 44.2 Å². The molecule has 42 heavy (non-hydrogen) atoms. The first-order valence-electron chi connectivity index (χ1n) is 13.4. The molecule has 0 bridgehead atoms. The lowest BCUT2D eigenvalue weighted by molar-refractivity contribution is -0.160. The van der Waals surface area contributed by atoms with E-state index in [1.807, 2.05) is 0 Å². The van der Waals surface area contributed by atoms with Crippen molar-refractivity contribution in [2.45, 2.75) is 45.9 Å². The van der Waals surface area contributed by atoms with Gasteiger partial charge in [-0.25, -0.2) is 14.8 Å². The van der Waals surface area contributed by atoms with Crippen LogP contribution in [0.25, 0.3) is 0 Å². The zero-order valence-electron chi connectivity index (χ0n) is 23.5. The molecule has 0 spiro atoms. The zero-order chi connectivity index (χ0) is 30.5. The molecule has 224 valence electrons. The van der Waals surface area contributed by atoms with Crippen LogP contribution >= 0.6 is 0 Å². The molecule has 13 heteroatoms. The molecule has 1 aliphatic heterocycles. The average molecular weight is 587 g/mol. The van der Waals surface area contributed by atoms with E-state index in [1.165, 1.54) is 25.4 Å². The van der Waals surface area contributed by atoms with Crippen LogP contribution in [0.2, 0.25) is 0 Å². The van der Waals surface area contributed by atoms with Gasteiger partial charge >= 0.3 is 18.2 Å². The SMILES string of the molecule is Cc1ccc(NC(=O)Nc2ccc(Oc3cc(N4CCC(OC(=O)C(C)(C)CN)CC4)ncn3)cc2)cc1C(F)(F)F. The molecule has 4 rings (SSSR count). The van der Waals surface area contributed by atoms with Crippen LogP contribution in [0.1, 0.15) is 37.8 Å². The van der Waals surface area contributed by atoms with Crippen LogP contribution in [0.15, 0.2) is 54.9 Å². The van der Waals surface area contributed by atoms with Crippen molar-refractivity contribution in [2.75, 3.05) is 35.2 Å². The van der Waals surface area contributed by atoms with Gasteiger partial charge in [0.1, 0.15) is 24.0 Å². The number of piperidine rings is 1. The predicted octanol–water partition coefficient (Wildman–Crippen LogP) is 5.74. The number of aryl methyl sites for hydroxylation is 1. The number of nitrogens with zero attached hydrogens (tertiary/aromatic N) is 3. The molecular formula is C29H33F3N6O4. The number of amides is 2. The molecular weight excluding hydrogens is 553 g/mol. The van der Waals surface area contributed by atoms with Gasteiger partial charge in [0.05, 0.1) is 11.0 Å². The fourth-order valence-electron chi connectivity index (χ4n) is 4.18. The summed E-state index contributed by atoms with van der Waals surface area (Å²) in [7, 11) is 0. The van der Waals surface area contributed by atoms with Gasteiger partial charge in [-0.15, -0.1) is 0 Å². The lowest BCUT2D eigenvalue weighted by Gasteiger charge is -2.34. The highest BCUT2D eigenvalue weighted by molar-refractivity contribution is 5.99. The standard InChI is InChI=1S/C29H33F3N6O4/c1-18-4-5-20(14-23(18)29(30,31)32)37-27(40)36-19-6-8-21(9-7-19)41-25-15-24(34-17-35-25)38-12-10-22(11-13-38)42-26(39)28(2,3)16-33/h4-9,14-15,17,22H,10-13,16,33H2,1-3H3,(H2,36,37,40). The lowest BCUT2D eigenvalue weighted by Crippen LogP contribution is -2.42. The summed E-state index contributed by atoms with van der Waals surface area (Å²) in [5.74, 6) is 1.14. The van der Waals surface area contributed by atoms with Gasteiger partial charge in [-0.05, 0) is 62.7 Å². The van der Waals surface area contributed by atoms with Crippen molar-refractivity contribution in [2.24, 2.45) is 11.1 Å². The van der Waals surface area contributed by atoms with Crippen LogP contribution in [0.4, 0.5) is 35.2 Å². The Balaban J connectivity index is 1.30. The second kappa shape index (κ2) is 12.6. The van der Waals surface area contributed by atoms with Gasteiger partial charge < -0.3 is 30.7 Å². The molecule has 1 aliphatic rings. The summed E-state index contributed by atoms with van der Waals surface area (Å²) >= 11 is 0. The van der Waals surface area contributed by atoms with Gasteiger partial charge in [-0.2, -0.15) is 13.2 Å². The summed E-state index contributed by atoms with van der Waals surface area (Å²) in [6.45, 7) is 6.37. The maximum Gasteiger partial charge on any atom is 0.416 e. The normalized spacial score (nSPS) is 14.3. The van der Waals surface area contributed by atoms with E-state index >= 15 is 0 Å². The lowest BCUT2D eigenvalue weighted by atomic mass is 9.94. The van der Waals surface area contributed by atoms with Crippen LogP contribution in [0, 0.1) is 12.3 Å². The van der Waals surface area contributed by atoms with Gasteiger partial charge in [0.15, 0.2) is 0 Å². The molecule has 2 amide bonds. The molecule has 0 aliphatic carbocycles. The minimum Gasteiger partial charge on any atom is -0.462 e. The first-order valence-corrected chi connectivity index (χ1v) is 13.4. The van der Waals surface area contributed by atoms with Crippen molar-refractivity contribution >= 4 is 29.2 Å². The smallest absolute Gasteiger partial charge is 0.416 e. The van der Waals surface area contributed by atoms with Gasteiger partial charge in [0.25, 0.3) is 0 Å². The molecule has 0 atom stereocenters. The van der Waals surface area contributed by atoms with Crippen molar-refractivity contribution < 1.29 is 32.2 Å². The highest BCUT2D eigenvalue weighted by Crippen LogP contribution is 2.33. The Kier molecular flexibility index (Phi) is 9.20. The number of hydrogen-bond donors (Lipinski definition) is 3. The van der Waals surface area contributed by atoms with Gasteiger partial charge in [-0.3, -0.25) is 4.79 Å². The topological polar surface area (TPSA) is 132 Å². The van der Waals surface area contributed by atoms with Crippen molar-refractivity contribution in [3.8, 4) is 11.6 Å². The van der Waals surface area contributed by atoms with Gasteiger partial charge in [-0.1, -0.05) is 6.07 Å². The largest absolute Gasteiger partial charge is 0.462 e. The van der Waals surface area contributed by atoms with Crippen LogP contribution in [-0.4, -0.2) is 47.7 Å². The molecule has 10 nitrogen and oxygen atoms in total. The number of alkyl halides is 3. The van der Waals surface area contributed by atoms with E-state index in [0.717, 1.165) is 6.07 Å². The number of esters is 1. The summed E-state index contributed by atoms with van der Waals surface area (Å²) in [5, 5.41) is 4.99. The Labute approximate surface area is 241 Å². The molecule has 0 radical (unpaired) electrons. The number of ether oxygens (including phenoxy) is 2. The molecule has 1 aromatic heterocycles. The number of anilines is 3. The number of carbonyl (C=O) groups excluding carboxylic acids is 2. The van der Waals surface area contributed by atoms with Crippen molar-refractivity contribution in [1.29, 1.82) is 0 Å². The Morgan fingerprint density at radius 1 is 1.00 bits per heavy atom. The van der Waals surface area contributed by atoms with Gasteiger partial charge in [0, 0.05) is 49.9 Å². The predicted molar refractivity (Wildman–Crippen MR) is 152 cm³/mol. The monoisotopic (exact) mass is 586 g/mol. The molecule has 0 unspecified atom stereocenters. The minimum atomic E-state index is -4.52. The number of halogens is 3. The fraction of sp³-hybridized carbons (Fsp3) is 0.379. The quantitative estimate of drug-likeness (QED) is 0.285. The molecule has 0 saturated carbocycles. The summed E-state index contributed by atoms with van der Waals surface area (Å²) in [6, 6.07) is 11.0. The van der Waals surface area contributed by atoms with Crippen LogP contribution in [-0.2, 0) is 15.7 Å². The van der Waals surface area contributed by atoms with Crippen LogP contribution in [0.5, 0.6) is 11.6 Å². The number of nitrogens with one attached hydrogen (secondary N) is 2. The Morgan fingerprint density at radius 3 is 2.29 bits per heavy atom.